The molecule has 0 spiro atoms. The second-order valence-electron chi connectivity index (χ2n) is 7.97. The van der Waals surface area contributed by atoms with Crippen molar-refractivity contribution in [1.82, 2.24) is 5.32 Å². The van der Waals surface area contributed by atoms with Gasteiger partial charge in [0, 0.05) is 6.54 Å². The minimum atomic E-state index is -0.0460. The Balaban J connectivity index is 1.34. The molecule has 1 saturated heterocycles. The summed E-state index contributed by atoms with van der Waals surface area (Å²) >= 11 is 0. The van der Waals surface area contributed by atoms with Crippen molar-refractivity contribution in [3.05, 3.63) is 54.1 Å². The van der Waals surface area contributed by atoms with Crippen LogP contribution in [0, 0.1) is 0 Å². The Morgan fingerprint density at radius 1 is 0.903 bits per heavy atom. The van der Waals surface area contributed by atoms with Crippen LogP contribution in [0.15, 0.2) is 48.5 Å². The number of quaternary nitrogens is 2. The van der Waals surface area contributed by atoms with Crippen molar-refractivity contribution in [1.29, 1.82) is 0 Å². The predicted octanol–water partition coefficient (Wildman–Crippen LogP) is -0.429. The summed E-state index contributed by atoms with van der Waals surface area (Å²) in [5.74, 6) is 2.63. The fraction of sp³-hybridized carbons (Fsp3) is 0.458. The fourth-order valence-electron chi connectivity index (χ4n) is 3.86. The molecule has 1 aliphatic rings. The lowest BCUT2D eigenvalue weighted by atomic mass is 10.2. The Bertz CT molecular complexity index is 803. The number of nitrogens with one attached hydrogen (secondary N) is 3. The van der Waals surface area contributed by atoms with Crippen LogP contribution in [0.5, 0.6) is 17.2 Å². The van der Waals surface area contributed by atoms with Crippen LogP contribution in [0.3, 0.4) is 0 Å². The molecule has 0 unspecified atom stereocenters. The van der Waals surface area contributed by atoms with Gasteiger partial charge in [0.15, 0.2) is 6.04 Å². The number of amides is 1. The molecule has 2 aromatic carbocycles. The first-order valence-corrected chi connectivity index (χ1v) is 10.9. The molecule has 168 valence electrons. The Morgan fingerprint density at radius 2 is 1.45 bits per heavy atom. The molecule has 1 fully saturated rings. The molecule has 7 heteroatoms. The van der Waals surface area contributed by atoms with Crippen molar-refractivity contribution in [3.8, 4) is 17.2 Å². The second-order valence-corrected chi connectivity index (χ2v) is 7.97. The van der Waals surface area contributed by atoms with Crippen molar-refractivity contribution in [3.63, 3.8) is 0 Å². The van der Waals surface area contributed by atoms with Crippen molar-refractivity contribution in [2.24, 2.45) is 0 Å². The van der Waals surface area contributed by atoms with Gasteiger partial charge in [-0.2, -0.15) is 0 Å². The highest BCUT2D eigenvalue weighted by molar-refractivity contribution is 5.79. The zero-order chi connectivity index (χ0) is 22.1. The Hall–Kier alpha value is -2.77. The van der Waals surface area contributed by atoms with E-state index >= 15 is 0 Å². The summed E-state index contributed by atoms with van der Waals surface area (Å²) in [5.41, 5.74) is 1.07. The van der Waals surface area contributed by atoms with Crippen LogP contribution in [0.1, 0.15) is 12.5 Å². The average Bonchev–Trinajstić information content (AvgIpc) is 2.83. The van der Waals surface area contributed by atoms with Gasteiger partial charge in [0.05, 0.1) is 14.2 Å². The molecule has 7 nitrogen and oxygen atoms in total. The summed E-state index contributed by atoms with van der Waals surface area (Å²) in [7, 11) is 3.31. The number of carbonyl (C=O) groups excluding carboxylic acids is 1. The number of piperazine rings is 1. The van der Waals surface area contributed by atoms with Crippen LogP contribution in [0.2, 0.25) is 0 Å². The maximum atomic E-state index is 12.6. The van der Waals surface area contributed by atoms with Gasteiger partial charge in [-0.05, 0) is 48.9 Å². The van der Waals surface area contributed by atoms with Crippen LogP contribution in [-0.4, -0.2) is 65.5 Å². The third-order valence-corrected chi connectivity index (χ3v) is 6.01. The van der Waals surface area contributed by atoms with Gasteiger partial charge in [0.1, 0.15) is 56.6 Å². The molecule has 1 amide bonds. The summed E-state index contributed by atoms with van der Waals surface area (Å²) < 4.78 is 16.2. The minimum Gasteiger partial charge on any atom is -0.497 e. The second kappa shape index (κ2) is 11.6. The van der Waals surface area contributed by atoms with Gasteiger partial charge in [-0.15, -0.1) is 0 Å². The lowest BCUT2D eigenvalue weighted by Gasteiger charge is -2.32. The number of methoxy groups -OCH3 is 2. The van der Waals surface area contributed by atoms with Crippen molar-refractivity contribution < 1.29 is 28.8 Å². The molecule has 1 heterocycles. The molecule has 1 atom stereocenters. The van der Waals surface area contributed by atoms with E-state index in [-0.39, 0.29) is 11.9 Å². The van der Waals surface area contributed by atoms with Crippen LogP contribution in [-0.2, 0) is 11.3 Å². The SMILES string of the molecule is COc1ccc(CNC(=O)[C@@H](C)[NH+]2CC[NH+](CCOc3ccc(OC)cc3)CC2)cc1. The lowest BCUT2D eigenvalue weighted by molar-refractivity contribution is -1.02. The third-order valence-electron chi connectivity index (χ3n) is 6.01. The number of hydrogen-bond acceptors (Lipinski definition) is 4. The molecule has 2 aromatic rings. The normalized spacial score (nSPS) is 19.3. The van der Waals surface area contributed by atoms with Crippen LogP contribution >= 0.6 is 0 Å². The van der Waals surface area contributed by atoms with Crippen LogP contribution < -0.4 is 29.3 Å². The van der Waals surface area contributed by atoms with Gasteiger partial charge >= 0.3 is 0 Å². The molecule has 31 heavy (non-hydrogen) atoms. The number of carbonyl (C=O) groups is 1. The first-order chi connectivity index (χ1) is 15.1. The summed E-state index contributed by atoms with van der Waals surface area (Å²) in [5, 5.41) is 3.07. The van der Waals surface area contributed by atoms with E-state index in [0.717, 1.165) is 55.5 Å². The zero-order valence-corrected chi connectivity index (χ0v) is 18.8. The average molecular weight is 430 g/mol. The van der Waals surface area contributed by atoms with Gasteiger partial charge in [-0.1, -0.05) is 12.1 Å². The monoisotopic (exact) mass is 429 g/mol. The maximum Gasteiger partial charge on any atom is 0.278 e. The molecule has 0 bridgehead atoms. The molecule has 0 radical (unpaired) electrons. The van der Waals surface area contributed by atoms with E-state index in [1.807, 2.05) is 55.5 Å². The molecule has 0 aromatic heterocycles. The quantitative estimate of drug-likeness (QED) is 0.480. The first-order valence-electron chi connectivity index (χ1n) is 10.9. The van der Waals surface area contributed by atoms with Crippen LogP contribution in [0.25, 0.3) is 0 Å². The predicted molar refractivity (Wildman–Crippen MR) is 119 cm³/mol. The highest BCUT2D eigenvalue weighted by Gasteiger charge is 2.30. The molecular formula is C24H35N3O4+2. The van der Waals surface area contributed by atoms with Gasteiger partial charge < -0.3 is 29.3 Å². The first kappa shape index (κ1) is 22.9. The summed E-state index contributed by atoms with van der Waals surface area (Å²) in [4.78, 5) is 15.5. The maximum absolute atomic E-state index is 12.6. The van der Waals surface area contributed by atoms with E-state index < -0.39 is 0 Å². The number of ether oxygens (including phenoxy) is 3. The van der Waals surface area contributed by atoms with Gasteiger partial charge in [0.2, 0.25) is 0 Å². The molecule has 1 aliphatic heterocycles. The molecule has 3 N–H and O–H groups in total. The molecule has 3 rings (SSSR count). The van der Waals surface area contributed by atoms with E-state index in [4.69, 9.17) is 14.2 Å². The van der Waals surface area contributed by atoms with E-state index in [9.17, 15) is 4.79 Å². The van der Waals surface area contributed by atoms with E-state index in [2.05, 4.69) is 5.32 Å². The van der Waals surface area contributed by atoms with E-state index in [1.165, 1.54) is 9.80 Å². The summed E-state index contributed by atoms with van der Waals surface area (Å²) in [6, 6.07) is 15.4. The lowest BCUT2D eigenvalue weighted by Crippen LogP contribution is -3.30. The summed E-state index contributed by atoms with van der Waals surface area (Å²) in [6.07, 6.45) is 0. The van der Waals surface area contributed by atoms with Crippen LogP contribution in [0.4, 0.5) is 0 Å². The topological polar surface area (TPSA) is 65.7 Å². The third kappa shape index (κ3) is 6.87. The smallest absolute Gasteiger partial charge is 0.278 e. The largest absolute Gasteiger partial charge is 0.497 e. The summed E-state index contributed by atoms with van der Waals surface area (Å²) in [6.45, 7) is 8.32. The Kier molecular flexibility index (Phi) is 8.55. The molecule has 0 saturated carbocycles. The highest BCUT2D eigenvalue weighted by atomic mass is 16.5. The number of rotatable bonds is 10. The van der Waals surface area contributed by atoms with E-state index in [0.29, 0.717) is 13.2 Å². The minimum absolute atomic E-state index is 0.0460. The molecular weight excluding hydrogens is 394 g/mol. The van der Waals surface area contributed by atoms with Crippen molar-refractivity contribution in [2.45, 2.75) is 19.5 Å². The van der Waals surface area contributed by atoms with Gasteiger partial charge in [0.25, 0.3) is 5.91 Å². The Labute approximate surface area is 184 Å². The zero-order valence-electron chi connectivity index (χ0n) is 18.8. The van der Waals surface area contributed by atoms with E-state index in [1.54, 1.807) is 14.2 Å². The standard InChI is InChI=1S/C24H33N3O4/c1-19(24(28)25-18-20-4-6-21(29-2)7-5-20)27-14-12-26(13-15-27)16-17-31-23-10-8-22(30-3)9-11-23/h4-11,19H,12-18H2,1-3H3,(H,25,28)/p+2/t19-/m1/s1. The highest BCUT2D eigenvalue weighted by Crippen LogP contribution is 2.16. The molecule has 0 aliphatic carbocycles. The van der Waals surface area contributed by atoms with Crippen molar-refractivity contribution in [2.75, 3.05) is 53.6 Å². The fourth-order valence-corrected chi connectivity index (χ4v) is 3.86. The Morgan fingerprint density at radius 3 is 2.03 bits per heavy atom. The number of benzene rings is 2. The van der Waals surface area contributed by atoms with Crippen molar-refractivity contribution >= 4 is 5.91 Å². The van der Waals surface area contributed by atoms with Gasteiger partial charge in [-0.25, -0.2) is 0 Å². The number of hydrogen-bond donors (Lipinski definition) is 3. The van der Waals surface area contributed by atoms with Gasteiger partial charge in [-0.3, -0.25) is 4.79 Å².